The molecule has 0 fully saturated rings. The molecule has 5 aromatic rings. The van der Waals surface area contributed by atoms with Gasteiger partial charge in [0.2, 0.25) is 0 Å². The molecule has 0 aliphatic heterocycles. The molecule has 0 amide bonds. The number of rotatable bonds is 1. The van der Waals surface area contributed by atoms with Crippen LogP contribution in [0, 0.1) is 12.1 Å². The van der Waals surface area contributed by atoms with Gasteiger partial charge in [0.1, 0.15) is 0 Å². The Labute approximate surface area is 207 Å². The minimum absolute atomic E-state index is 0. The molecule has 0 unspecified atom stereocenters. The number of nitrogens with zero attached hydrogens (tertiary/aromatic N) is 2. The molecule has 161 valence electrons. The smallest absolute Gasteiger partial charge is 0.0607 e. The van der Waals surface area contributed by atoms with Gasteiger partial charge in [-0.05, 0) is 41.1 Å². The molecule has 7 rings (SSSR count). The van der Waals surface area contributed by atoms with Gasteiger partial charge in [0, 0.05) is 31.7 Å². The zero-order valence-electron chi connectivity index (χ0n) is 17.9. The predicted octanol–water partition coefficient (Wildman–Crippen LogP) is 6.83. The van der Waals surface area contributed by atoms with E-state index in [1.165, 1.54) is 33.2 Å². The number of benzene rings is 3. The summed E-state index contributed by atoms with van der Waals surface area (Å²) in [5.74, 6) is 0. The molecule has 1 radical (unpaired) electrons. The summed E-state index contributed by atoms with van der Waals surface area (Å²) in [5.41, 5.74) is 10.6. The topological polar surface area (TPSA) is 25.8 Å². The van der Waals surface area contributed by atoms with Crippen molar-refractivity contribution in [1.29, 1.82) is 0 Å². The molecule has 0 bridgehead atoms. The van der Waals surface area contributed by atoms with E-state index in [1.54, 1.807) is 0 Å². The third-order valence-corrected chi connectivity index (χ3v) is 6.06. The number of fused-ring (bicyclic) bond motifs is 3. The Balaban J connectivity index is 0.000000138. The van der Waals surface area contributed by atoms with Crippen LogP contribution in [0.4, 0.5) is 0 Å². The first kappa shape index (κ1) is 21.5. The van der Waals surface area contributed by atoms with Crippen LogP contribution in [0.15, 0.2) is 85.1 Å². The summed E-state index contributed by atoms with van der Waals surface area (Å²) in [5, 5.41) is 1.26. The Hall–Kier alpha value is -3.39. The maximum atomic E-state index is 4.74. The fraction of sp³-hybridized carbons (Fsp3) is 0.0667. The van der Waals surface area contributed by atoms with Crippen molar-refractivity contribution in [3.63, 3.8) is 0 Å². The Bertz CT molecular complexity index is 1430. The van der Waals surface area contributed by atoms with Crippen LogP contribution in [-0.2, 0) is 32.9 Å². The third kappa shape index (κ3) is 4.06. The summed E-state index contributed by atoms with van der Waals surface area (Å²) in [6.45, 7) is 0. The first-order valence-corrected chi connectivity index (χ1v) is 10.9. The molecule has 2 aromatic heterocycles. The second-order valence-electron chi connectivity index (χ2n) is 8.03. The fourth-order valence-corrected chi connectivity index (χ4v) is 4.52. The van der Waals surface area contributed by atoms with E-state index in [4.69, 9.17) is 4.98 Å². The normalized spacial score (nSPS) is 12.2. The number of aromatic nitrogens is 2. The van der Waals surface area contributed by atoms with Gasteiger partial charge in [-0.1, -0.05) is 48.4 Å². The summed E-state index contributed by atoms with van der Waals surface area (Å²) in [6, 6.07) is 33.2. The summed E-state index contributed by atoms with van der Waals surface area (Å²) < 4.78 is 0. The van der Waals surface area contributed by atoms with Crippen LogP contribution in [0.25, 0.3) is 45.6 Å². The van der Waals surface area contributed by atoms with Gasteiger partial charge in [0.15, 0.2) is 0 Å². The predicted molar refractivity (Wildman–Crippen MR) is 131 cm³/mol. The third-order valence-electron chi connectivity index (χ3n) is 6.06. The van der Waals surface area contributed by atoms with Gasteiger partial charge in [0.05, 0.1) is 5.52 Å². The van der Waals surface area contributed by atoms with E-state index >= 15 is 0 Å². The van der Waals surface area contributed by atoms with Crippen LogP contribution < -0.4 is 0 Å². The van der Waals surface area contributed by atoms with Crippen LogP contribution >= 0.6 is 0 Å². The quantitative estimate of drug-likeness (QED) is 0.194. The van der Waals surface area contributed by atoms with Gasteiger partial charge >= 0.3 is 0 Å². The van der Waals surface area contributed by atoms with E-state index < -0.39 is 0 Å². The monoisotopic (exact) mass is 601 g/mol. The van der Waals surface area contributed by atoms with Crippen LogP contribution in [0.1, 0.15) is 22.3 Å². The number of pyridine rings is 2. The Morgan fingerprint density at radius 1 is 0.727 bits per heavy atom. The van der Waals surface area contributed by atoms with Crippen molar-refractivity contribution < 1.29 is 20.1 Å². The van der Waals surface area contributed by atoms with E-state index in [0.717, 1.165) is 35.3 Å². The van der Waals surface area contributed by atoms with Crippen LogP contribution in [0.5, 0.6) is 0 Å². The Morgan fingerprint density at radius 3 is 2.48 bits per heavy atom. The standard InChI is InChI=1S/C17H10N.C13H10N.Ir/c1-2-5-12(6-3-1)16-11-14-10-9-13-7-4-8-15(18-16)17(13)14;1-2-6-12-10(4-1)7-8-11-5-3-9-14-13(11)12;/h1-5,7-11H;1-5,9H,7-8H2;/q2*-1;. The Morgan fingerprint density at radius 2 is 1.58 bits per heavy atom. The van der Waals surface area contributed by atoms with E-state index in [-0.39, 0.29) is 20.1 Å². The zero-order chi connectivity index (χ0) is 21.3. The molecule has 3 heteroatoms. The molecule has 0 saturated heterocycles. The largest absolute Gasteiger partial charge is 0.304 e. The van der Waals surface area contributed by atoms with Crippen molar-refractivity contribution in [2.24, 2.45) is 0 Å². The van der Waals surface area contributed by atoms with Crippen molar-refractivity contribution in [1.82, 2.24) is 9.97 Å². The van der Waals surface area contributed by atoms with E-state index in [0.29, 0.717) is 0 Å². The molecule has 2 heterocycles. The van der Waals surface area contributed by atoms with E-state index in [1.807, 2.05) is 48.7 Å². The maximum Gasteiger partial charge on any atom is 0.0607 e. The minimum Gasteiger partial charge on any atom is -0.304 e. The molecular formula is C30H20IrN2-2. The molecular weight excluding hydrogens is 581 g/mol. The van der Waals surface area contributed by atoms with Crippen molar-refractivity contribution in [3.8, 4) is 22.5 Å². The van der Waals surface area contributed by atoms with Crippen molar-refractivity contribution in [3.05, 3.63) is 119 Å². The Kier molecular flexibility index (Phi) is 6.00. The van der Waals surface area contributed by atoms with E-state index in [2.05, 4.69) is 65.7 Å². The van der Waals surface area contributed by atoms with Gasteiger partial charge in [-0.2, -0.15) is 0 Å². The number of hydrogen-bond donors (Lipinski definition) is 0. The molecule has 2 aliphatic carbocycles. The van der Waals surface area contributed by atoms with Gasteiger partial charge in [-0.25, -0.2) is 0 Å². The zero-order valence-corrected chi connectivity index (χ0v) is 20.3. The molecule has 0 spiro atoms. The van der Waals surface area contributed by atoms with Crippen LogP contribution in [0.2, 0.25) is 0 Å². The second kappa shape index (κ2) is 9.23. The van der Waals surface area contributed by atoms with Crippen LogP contribution in [0.3, 0.4) is 0 Å². The average molecular weight is 601 g/mol. The maximum absolute atomic E-state index is 4.74. The molecule has 0 atom stereocenters. The van der Waals surface area contributed by atoms with Gasteiger partial charge in [-0.15, -0.1) is 71.3 Å². The number of hydrogen-bond acceptors (Lipinski definition) is 2. The summed E-state index contributed by atoms with van der Waals surface area (Å²) in [7, 11) is 0. The van der Waals surface area contributed by atoms with Crippen molar-refractivity contribution >= 4 is 23.1 Å². The van der Waals surface area contributed by atoms with Gasteiger partial charge in [-0.3, -0.25) is 4.98 Å². The minimum atomic E-state index is 0. The molecule has 2 nitrogen and oxygen atoms in total. The molecule has 0 N–H and O–H groups in total. The molecule has 2 aliphatic rings. The van der Waals surface area contributed by atoms with Crippen molar-refractivity contribution in [2.45, 2.75) is 12.8 Å². The summed E-state index contributed by atoms with van der Waals surface area (Å²) in [6.07, 6.45) is 8.39. The van der Waals surface area contributed by atoms with Gasteiger partial charge < -0.3 is 4.98 Å². The number of aryl methyl sites for hydroxylation is 2. The molecule has 0 saturated carbocycles. The fourth-order valence-electron chi connectivity index (χ4n) is 4.52. The first-order chi connectivity index (χ1) is 15.9. The van der Waals surface area contributed by atoms with Crippen molar-refractivity contribution in [2.75, 3.05) is 0 Å². The van der Waals surface area contributed by atoms with E-state index in [9.17, 15) is 0 Å². The van der Waals surface area contributed by atoms with Crippen LogP contribution in [-0.4, -0.2) is 9.97 Å². The molecule has 33 heavy (non-hydrogen) atoms. The molecule has 3 aromatic carbocycles. The average Bonchev–Trinajstić information content (AvgIpc) is 3.29. The first-order valence-electron chi connectivity index (χ1n) is 10.9. The van der Waals surface area contributed by atoms with Gasteiger partial charge in [0.25, 0.3) is 0 Å². The summed E-state index contributed by atoms with van der Waals surface area (Å²) >= 11 is 0. The second-order valence-corrected chi connectivity index (χ2v) is 8.03. The SMILES string of the molecule is [Ir].[c-]1cccc2c1-c1ncccc1CC2.[c-]1ccccc1-c1cc2c3c(cccc3n1)C=C2. The summed E-state index contributed by atoms with van der Waals surface area (Å²) in [4.78, 5) is 9.17.